The number of aromatic nitrogens is 5. The number of rotatable bonds is 11. The fourth-order valence-electron chi connectivity index (χ4n) is 13.8. The summed E-state index contributed by atoms with van der Waals surface area (Å²) in [5.41, 5.74) is 9.99. The van der Waals surface area contributed by atoms with Crippen LogP contribution in [0.25, 0.3) is 0 Å². The summed E-state index contributed by atoms with van der Waals surface area (Å²) in [6.07, 6.45) is 14.8. The van der Waals surface area contributed by atoms with Gasteiger partial charge in [-0.3, -0.25) is 54.7 Å². The SMILES string of the molecule is CC(CO)(CO)NS(=O)(=O)C1=NCc2ncccc21.CC1(C)CC(O)CC(C)(CNS(=O)(=O)C2=NCc3ncccc32)C1.CC1CCC(C)N1S(=O)(=O)C1=NCc2ncccc21.NC(=O)[C@@H]1CCCN1S(=O)(=O)C1=NCc2ncccc21.O=S(=O)(C1=NCc2ncccc21)N1CCCC1. The first-order chi connectivity index (χ1) is 46.7. The maximum absolute atomic E-state index is 12.8. The van der Waals surface area contributed by atoms with Crippen LogP contribution in [-0.4, -0.2) is 196 Å². The van der Waals surface area contributed by atoms with Crippen LogP contribution in [0.5, 0.6) is 0 Å². The van der Waals surface area contributed by atoms with E-state index in [4.69, 9.17) is 15.9 Å². The molecule has 1 aliphatic carbocycles. The third-order valence-electron chi connectivity index (χ3n) is 18.3. The van der Waals surface area contributed by atoms with E-state index >= 15 is 0 Å². The molecule has 4 unspecified atom stereocenters. The summed E-state index contributed by atoms with van der Waals surface area (Å²) in [6.45, 7) is 13.9. The van der Waals surface area contributed by atoms with E-state index in [1.54, 1.807) is 96.0 Å². The molecule has 35 heteroatoms. The topological polar surface area (TPSA) is 435 Å². The average Bonchev–Trinajstić information content (AvgIpc) is 1.67. The number of aliphatic hydroxyl groups is 3. The summed E-state index contributed by atoms with van der Waals surface area (Å²) in [5.74, 6) is -0.615. The number of carbonyl (C=O) groups is 1. The molecule has 534 valence electrons. The maximum Gasteiger partial charge on any atom is 0.261 e. The first-order valence-electron chi connectivity index (χ1n) is 32.5. The van der Waals surface area contributed by atoms with E-state index in [-0.39, 0.29) is 61.2 Å². The minimum Gasteiger partial charge on any atom is -0.394 e. The van der Waals surface area contributed by atoms with E-state index in [1.165, 1.54) is 11.2 Å². The lowest BCUT2D eigenvalue weighted by Gasteiger charge is -2.45. The third-order valence-corrected chi connectivity index (χ3v) is 27.2. The van der Waals surface area contributed by atoms with Gasteiger partial charge >= 0.3 is 0 Å². The summed E-state index contributed by atoms with van der Waals surface area (Å²) in [7, 11) is -18.3. The van der Waals surface area contributed by atoms with Crippen LogP contribution in [-0.2, 0) is 87.6 Å². The third kappa shape index (κ3) is 16.3. The Kier molecular flexibility index (Phi) is 22.6. The highest BCUT2D eigenvalue weighted by Gasteiger charge is 2.46. The van der Waals surface area contributed by atoms with Crippen molar-refractivity contribution in [2.24, 2.45) is 41.5 Å². The van der Waals surface area contributed by atoms with Gasteiger partial charge in [0.2, 0.25) is 5.91 Å². The molecule has 14 rings (SSSR count). The van der Waals surface area contributed by atoms with E-state index in [0.29, 0.717) is 110 Å². The summed E-state index contributed by atoms with van der Waals surface area (Å²) in [6, 6.07) is 16.5. The van der Waals surface area contributed by atoms with Gasteiger partial charge in [0.05, 0.1) is 86.1 Å². The Labute approximate surface area is 578 Å². The van der Waals surface area contributed by atoms with E-state index in [9.17, 15) is 52.0 Å². The molecule has 3 saturated heterocycles. The molecule has 1 amide bonds. The van der Waals surface area contributed by atoms with Gasteiger partial charge in [0, 0.05) is 97.1 Å². The Balaban J connectivity index is 0.000000134. The van der Waals surface area contributed by atoms with Crippen molar-refractivity contribution in [2.45, 2.75) is 162 Å². The highest BCUT2D eigenvalue weighted by Crippen LogP contribution is 2.46. The van der Waals surface area contributed by atoms with Crippen LogP contribution in [0.1, 0.15) is 156 Å². The molecule has 5 aromatic heterocycles. The van der Waals surface area contributed by atoms with Crippen LogP contribution in [0.2, 0.25) is 0 Å². The number of nitrogens with zero attached hydrogens (tertiary/aromatic N) is 13. The minimum absolute atomic E-state index is 0.000740. The number of pyridine rings is 5. The number of nitrogens with two attached hydrogens (primary N) is 1. The molecule has 1 saturated carbocycles. The second-order valence-corrected chi connectivity index (χ2v) is 35.7. The molecule has 5 aromatic rings. The molecule has 0 radical (unpaired) electrons. The standard InChI is InChI=1S/C17H25N3O3S.C13H17N3O2S.C12H14N4O3S.C11H15N3O4S.C11H13N3O2S/c1-16(2)7-12(21)8-17(3,10-16)11-20-24(22,23)15-13-5-4-6-18-14(13)9-19-15;1-9-5-6-10(2)16(9)19(17,18)13-11-4-3-7-14-12(11)8-15-13;13-11(17)10-4-2-6-16(10)20(18,19)12-8-3-1-5-14-9(8)7-15-12;1-11(6-15,7-16)14-19(17,18)10-8-3-2-4-12-9(8)5-13-10;15-17(16,14-6-1-2-7-14)11-9-4-3-5-12-10(9)8-13-11/h4-6,12,20-21H,7-11H2,1-3H3;3-4,7,9-10H,5-6,8H2,1-2H3;1,3,5,10H,2,4,6-7H2,(H2,13,17);2-4,14-16H,5-7H2,1H3;3-5H,1-2,6-8H2/t;;10-;;/m..0../s1. The van der Waals surface area contributed by atoms with Gasteiger partial charge < -0.3 is 21.1 Å². The quantitative estimate of drug-likeness (QED) is 0.111. The van der Waals surface area contributed by atoms with Crippen LogP contribution < -0.4 is 15.2 Å². The van der Waals surface area contributed by atoms with Gasteiger partial charge in [0.25, 0.3) is 50.1 Å². The minimum atomic E-state index is -3.92. The highest BCUT2D eigenvalue weighted by atomic mass is 32.2. The van der Waals surface area contributed by atoms with Gasteiger partial charge in [-0.05, 0) is 150 Å². The summed E-state index contributed by atoms with van der Waals surface area (Å²) < 4.78 is 135. The maximum atomic E-state index is 12.8. The van der Waals surface area contributed by atoms with Gasteiger partial charge in [0.1, 0.15) is 6.04 Å². The van der Waals surface area contributed by atoms with Crippen LogP contribution in [0.3, 0.4) is 0 Å². The number of fused-ring (bicyclic) bond motifs is 5. The number of hydrogen-bond acceptors (Lipinski definition) is 24. The largest absolute Gasteiger partial charge is 0.394 e. The molecule has 9 aliphatic rings. The Morgan fingerprint density at radius 2 is 0.929 bits per heavy atom. The first kappa shape index (κ1) is 74.7. The number of hydrogen-bond donors (Lipinski definition) is 6. The van der Waals surface area contributed by atoms with Crippen LogP contribution in [0.4, 0.5) is 0 Å². The first-order valence-corrected chi connectivity index (χ1v) is 39.8. The zero-order valence-corrected chi connectivity index (χ0v) is 60.0. The van der Waals surface area contributed by atoms with Crippen molar-refractivity contribution in [3.63, 3.8) is 0 Å². The van der Waals surface area contributed by atoms with Gasteiger partial charge in [-0.2, -0.15) is 17.6 Å². The van der Waals surface area contributed by atoms with Gasteiger partial charge in [0.15, 0.2) is 25.2 Å². The number of sulfonamides is 5. The van der Waals surface area contributed by atoms with Crippen molar-refractivity contribution in [2.75, 3.05) is 39.4 Å². The van der Waals surface area contributed by atoms with Gasteiger partial charge in [-0.25, -0.2) is 46.8 Å². The number of primary amides is 1. The molecule has 30 nitrogen and oxygen atoms in total. The molecule has 7 N–H and O–H groups in total. The van der Waals surface area contributed by atoms with Crippen LogP contribution >= 0.6 is 0 Å². The lowest BCUT2D eigenvalue weighted by molar-refractivity contribution is -0.121. The Hall–Kier alpha value is -7.00. The normalized spacial score (nSPS) is 23.3. The predicted molar refractivity (Wildman–Crippen MR) is 372 cm³/mol. The van der Waals surface area contributed by atoms with Crippen molar-refractivity contribution in [1.82, 2.24) is 47.3 Å². The zero-order valence-electron chi connectivity index (χ0n) is 55.9. The number of carbonyl (C=O) groups excluding carboxylic acids is 1. The summed E-state index contributed by atoms with van der Waals surface area (Å²) in [5, 5.41) is 28.8. The summed E-state index contributed by atoms with van der Waals surface area (Å²) in [4.78, 5) is 52.6. The molecule has 8 aliphatic heterocycles. The van der Waals surface area contributed by atoms with Gasteiger partial charge in [-0.1, -0.05) is 20.8 Å². The van der Waals surface area contributed by atoms with E-state index in [1.807, 2.05) is 20.8 Å². The average molecular weight is 1460 g/mol. The van der Waals surface area contributed by atoms with Crippen LogP contribution in [0, 0.1) is 10.8 Å². The molecular formula is C64H84N16O14S5. The molecule has 0 aromatic carbocycles. The Bertz CT molecular complexity index is 4630. The molecule has 99 heavy (non-hydrogen) atoms. The molecule has 4 fully saturated rings. The van der Waals surface area contributed by atoms with Crippen molar-refractivity contribution >= 4 is 81.2 Å². The zero-order chi connectivity index (χ0) is 71.5. The predicted octanol–water partition coefficient (Wildman–Crippen LogP) is 2.78. The van der Waals surface area contributed by atoms with Gasteiger partial charge in [-0.15, -0.1) is 0 Å². The van der Waals surface area contributed by atoms with E-state index < -0.39 is 86.9 Å². The second kappa shape index (κ2) is 29.9. The lowest BCUT2D eigenvalue weighted by Crippen LogP contribution is -2.53. The Morgan fingerprint density at radius 1 is 0.545 bits per heavy atom. The van der Waals surface area contributed by atoms with Crippen molar-refractivity contribution in [3.05, 3.63) is 148 Å². The molecular weight excluding hydrogens is 1380 g/mol. The fourth-order valence-corrected chi connectivity index (χ4v) is 22.4. The number of aliphatic hydroxyl groups excluding tert-OH is 3. The van der Waals surface area contributed by atoms with E-state index in [0.717, 1.165) is 54.2 Å². The van der Waals surface area contributed by atoms with Crippen molar-refractivity contribution in [1.29, 1.82) is 0 Å². The van der Waals surface area contributed by atoms with Crippen molar-refractivity contribution in [3.8, 4) is 0 Å². The lowest BCUT2D eigenvalue weighted by atomic mass is 9.63. The number of aliphatic imine (C=N–C) groups is 5. The fraction of sp³-hybridized carbons (Fsp3) is 0.516. The second-order valence-electron chi connectivity index (χ2n) is 27.0. The molecule has 0 spiro atoms. The Morgan fingerprint density at radius 3 is 1.33 bits per heavy atom. The highest BCUT2D eigenvalue weighted by molar-refractivity contribution is 8.06. The molecule has 13 heterocycles. The van der Waals surface area contributed by atoms with Crippen molar-refractivity contribution < 1.29 is 62.2 Å². The van der Waals surface area contributed by atoms with Crippen LogP contribution in [0.15, 0.2) is 117 Å². The molecule has 5 atom stereocenters. The summed E-state index contributed by atoms with van der Waals surface area (Å²) >= 11 is 0. The monoisotopic (exact) mass is 1460 g/mol. The van der Waals surface area contributed by atoms with E-state index in [2.05, 4.69) is 73.2 Å². The number of amides is 1. The molecule has 0 bridgehead atoms. The smallest absolute Gasteiger partial charge is 0.261 e. The number of nitrogens with one attached hydrogen (secondary N) is 2.